The zero-order valence-corrected chi connectivity index (χ0v) is 18.8. The van der Waals surface area contributed by atoms with Crippen molar-refractivity contribution in [3.63, 3.8) is 0 Å². The van der Waals surface area contributed by atoms with Crippen molar-refractivity contribution in [1.29, 1.82) is 0 Å². The van der Waals surface area contributed by atoms with Crippen LogP contribution in [-0.2, 0) is 13.6 Å². The molecule has 0 N–H and O–H groups in total. The summed E-state index contributed by atoms with van der Waals surface area (Å²) in [6, 6.07) is 5.65. The molecule has 3 aromatic rings. The van der Waals surface area contributed by atoms with Gasteiger partial charge in [0.05, 0.1) is 12.2 Å². The zero-order chi connectivity index (χ0) is 22.3. The minimum Gasteiger partial charge on any atom is -0.454 e. The summed E-state index contributed by atoms with van der Waals surface area (Å²) in [6.45, 7) is 9.66. The molecule has 1 saturated heterocycles. The van der Waals surface area contributed by atoms with Gasteiger partial charge in [-0.2, -0.15) is 10.2 Å². The molecule has 0 unspecified atom stereocenters. The van der Waals surface area contributed by atoms with E-state index >= 15 is 0 Å². The first-order valence-corrected chi connectivity index (χ1v) is 10.8. The van der Waals surface area contributed by atoms with Gasteiger partial charge in [0.1, 0.15) is 11.6 Å². The third-order valence-electron chi connectivity index (χ3n) is 5.93. The molecule has 31 heavy (non-hydrogen) atoms. The Hall–Kier alpha value is -3.10. The lowest BCUT2D eigenvalue weighted by atomic mass is 9.95. The van der Waals surface area contributed by atoms with Gasteiger partial charge in [-0.1, -0.05) is 0 Å². The van der Waals surface area contributed by atoms with Gasteiger partial charge in [0.2, 0.25) is 0 Å². The molecule has 3 aromatic heterocycles. The minimum atomic E-state index is -0.0969. The predicted molar refractivity (Wildman–Crippen MR) is 115 cm³/mol. The van der Waals surface area contributed by atoms with Crippen molar-refractivity contribution in [3.8, 4) is 0 Å². The van der Waals surface area contributed by atoms with Crippen LogP contribution in [0.1, 0.15) is 72.2 Å². The average molecular weight is 427 g/mol. The van der Waals surface area contributed by atoms with E-state index in [0.29, 0.717) is 31.2 Å². The number of furan rings is 1. The van der Waals surface area contributed by atoms with E-state index in [1.54, 1.807) is 17.7 Å². The third-order valence-corrected chi connectivity index (χ3v) is 5.93. The molecular formula is C22H30N6O3. The topological polar surface area (TPSA) is 91.1 Å². The lowest BCUT2D eigenvalue weighted by molar-refractivity contribution is 0.0675. The van der Waals surface area contributed by atoms with Crippen molar-refractivity contribution in [3.05, 3.63) is 57.4 Å². The number of carbonyl (C=O) groups is 1. The summed E-state index contributed by atoms with van der Waals surface area (Å²) < 4.78 is 10.9. The Labute approximate surface area is 181 Å². The first kappa shape index (κ1) is 21.1. The van der Waals surface area contributed by atoms with Crippen LogP contribution >= 0.6 is 0 Å². The number of rotatable bonds is 5. The van der Waals surface area contributed by atoms with Crippen molar-refractivity contribution in [2.45, 2.75) is 59.0 Å². The van der Waals surface area contributed by atoms with Crippen LogP contribution in [-0.4, -0.2) is 48.0 Å². The number of aromatic nitrogens is 5. The van der Waals surface area contributed by atoms with E-state index < -0.39 is 0 Å². The summed E-state index contributed by atoms with van der Waals surface area (Å²) in [4.78, 5) is 27.1. The van der Waals surface area contributed by atoms with E-state index in [1.165, 1.54) is 4.68 Å². The highest BCUT2D eigenvalue weighted by molar-refractivity contribution is 5.91. The van der Waals surface area contributed by atoms with Crippen molar-refractivity contribution < 1.29 is 9.21 Å². The summed E-state index contributed by atoms with van der Waals surface area (Å²) in [7, 11) is 1.68. The molecule has 4 rings (SSSR count). The number of carbonyl (C=O) groups excluding carboxylic acids is 1. The van der Waals surface area contributed by atoms with Crippen molar-refractivity contribution >= 4 is 5.91 Å². The second kappa shape index (κ2) is 8.20. The van der Waals surface area contributed by atoms with Crippen LogP contribution in [0.3, 0.4) is 0 Å². The molecular weight excluding hydrogens is 396 g/mol. The highest BCUT2D eigenvalue weighted by atomic mass is 16.4. The van der Waals surface area contributed by atoms with E-state index in [1.807, 2.05) is 49.4 Å². The number of piperidine rings is 1. The van der Waals surface area contributed by atoms with Crippen LogP contribution in [0, 0.1) is 13.8 Å². The summed E-state index contributed by atoms with van der Waals surface area (Å²) in [5.74, 6) is 1.95. The lowest BCUT2D eigenvalue weighted by Crippen LogP contribution is -2.38. The van der Waals surface area contributed by atoms with Gasteiger partial charge < -0.3 is 9.32 Å². The molecule has 166 valence electrons. The molecule has 1 fully saturated rings. The monoisotopic (exact) mass is 426 g/mol. The molecule has 9 nitrogen and oxygen atoms in total. The number of likely N-dealkylation sites (tertiary alicyclic amines) is 1. The van der Waals surface area contributed by atoms with Crippen LogP contribution in [0.25, 0.3) is 0 Å². The molecule has 1 amide bonds. The Kier molecular flexibility index (Phi) is 5.60. The Morgan fingerprint density at radius 2 is 1.90 bits per heavy atom. The third kappa shape index (κ3) is 4.08. The normalized spacial score (nSPS) is 15.2. The largest absolute Gasteiger partial charge is 0.454 e. The number of nitrogens with zero attached hydrogens (tertiary/aromatic N) is 6. The number of hydrogen-bond acceptors (Lipinski definition) is 5. The molecule has 1 aliphatic rings. The van der Waals surface area contributed by atoms with Crippen molar-refractivity contribution in [2.75, 3.05) is 13.1 Å². The van der Waals surface area contributed by atoms with Gasteiger partial charge in [0.15, 0.2) is 5.76 Å². The fourth-order valence-corrected chi connectivity index (χ4v) is 4.32. The molecule has 0 aliphatic carbocycles. The summed E-state index contributed by atoms with van der Waals surface area (Å²) in [5.41, 5.74) is 1.92. The summed E-state index contributed by atoms with van der Waals surface area (Å²) in [6.07, 6.45) is 1.54. The van der Waals surface area contributed by atoms with Gasteiger partial charge in [-0.3, -0.25) is 14.0 Å². The minimum absolute atomic E-state index is 0.0552. The van der Waals surface area contributed by atoms with Gasteiger partial charge in [-0.05, 0) is 58.7 Å². The quantitative estimate of drug-likeness (QED) is 0.626. The molecule has 0 radical (unpaired) electrons. The van der Waals surface area contributed by atoms with E-state index in [4.69, 9.17) is 4.42 Å². The maximum atomic E-state index is 12.9. The molecule has 4 heterocycles. The number of hydrogen-bond donors (Lipinski definition) is 0. The second-order valence-electron chi connectivity index (χ2n) is 8.65. The highest BCUT2D eigenvalue weighted by Gasteiger charge is 2.30. The fourth-order valence-electron chi connectivity index (χ4n) is 4.32. The summed E-state index contributed by atoms with van der Waals surface area (Å²) in [5, 5.41) is 8.92. The Balaban J connectivity index is 1.41. The molecule has 0 atom stereocenters. The number of aryl methyl sites for hydroxylation is 3. The van der Waals surface area contributed by atoms with Gasteiger partial charge in [0, 0.05) is 37.8 Å². The second-order valence-corrected chi connectivity index (χ2v) is 8.65. The highest BCUT2D eigenvalue weighted by Crippen LogP contribution is 2.28. The Morgan fingerprint density at radius 1 is 1.19 bits per heavy atom. The summed E-state index contributed by atoms with van der Waals surface area (Å²) >= 11 is 0. The Bertz CT molecular complexity index is 1140. The lowest BCUT2D eigenvalue weighted by Gasteiger charge is -2.31. The van der Waals surface area contributed by atoms with Crippen LogP contribution in [0.2, 0.25) is 0 Å². The first-order chi connectivity index (χ1) is 14.7. The van der Waals surface area contributed by atoms with E-state index in [2.05, 4.69) is 10.2 Å². The van der Waals surface area contributed by atoms with Crippen LogP contribution < -0.4 is 5.69 Å². The van der Waals surface area contributed by atoms with E-state index in [0.717, 1.165) is 30.1 Å². The van der Waals surface area contributed by atoms with Gasteiger partial charge in [-0.15, -0.1) is 0 Å². The standard InChI is InChI=1S/C22H30N6O3/c1-14(2)28-20(24-25(5)22(28)30)17-8-10-26(11-9-17)21(29)19-7-6-18(31-19)13-27-16(4)12-15(3)23-27/h6-7,12,14,17H,8-11,13H2,1-5H3. The van der Waals surface area contributed by atoms with Crippen LogP contribution in [0.5, 0.6) is 0 Å². The molecule has 0 saturated carbocycles. The smallest absolute Gasteiger partial charge is 0.345 e. The van der Waals surface area contributed by atoms with Gasteiger partial charge in [0.25, 0.3) is 5.91 Å². The first-order valence-electron chi connectivity index (χ1n) is 10.8. The average Bonchev–Trinajstić information content (AvgIpc) is 3.40. The predicted octanol–water partition coefficient (Wildman–Crippen LogP) is 2.64. The zero-order valence-electron chi connectivity index (χ0n) is 18.8. The number of amides is 1. The van der Waals surface area contributed by atoms with Crippen LogP contribution in [0.4, 0.5) is 0 Å². The molecule has 9 heteroatoms. The van der Waals surface area contributed by atoms with Crippen LogP contribution in [0.15, 0.2) is 27.4 Å². The van der Waals surface area contributed by atoms with Crippen molar-refractivity contribution in [2.24, 2.45) is 7.05 Å². The molecule has 0 spiro atoms. The molecule has 0 aromatic carbocycles. The van der Waals surface area contributed by atoms with E-state index in [-0.39, 0.29) is 23.6 Å². The fraction of sp³-hybridized carbons (Fsp3) is 0.545. The SMILES string of the molecule is Cc1cc(C)n(Cc2ccc(C(=O)N3CCC(c4nn(C)c(=O)n4C(C)C)CC3)o2)n1. The van der Waals surface area contributed by atoms with E-state index in [9.17, 15) is 9.59 Å². The van der Waals surface area contributed by atoms with Crippen molar-refractivity contribution in [1.82, 2.24) is 29.0 Å². The van der Waals surface area contributed by atoms with Gasteiger partial charge in [-0.25, -0.2) is 9.48 Å². The molecule has 0 bridgehead atoms. The Morgan fingerprint density at radius 3 is 2.52 bits per heavy atom. The van der Waals surface area contributed by atoms with Gasteiger partial charge >= 0.3 is 5.69 Å². The maximum absolute atomic E-state index is 12.9. The maximum Gasteiger partial charge on any atom is 0.345 e. The molecule has 1 aliphatic heterocycles.